The molecular weight excluding hydrogens is 274 g/mol. The van der Waals surface area contributed by atoms with Gasteiger partial charge >= 0.3 is 0 Å². The first-order valence-corrected chi connectivity index (χ1v) is 8.31. The summed E-state index contributed by atoms with van der Waals surface area (Å²) in [4.78, 5) is 17.6. The number of hydrogen-bond acceptors (Lipinski definition) is 3. The van der Waals surface area contributed by atoms with Crippen LogP contribution in [0, 0.1) is 0 Å². The normalized spacial score (nSPS) is 22.2. The molecule has 1 heterocycles. The van der Waals surface area contributed by atoms with E-state index >= 15 is 0 Å². The van der Waals surface area contributed by atoms with Crippen molar-refractivity contribution in [2.75, 3.05) is 0 Å². The highest BCUT2D eigenvalue weighted by molar-refractivity contribution is 5.55. The second-order valence-corrected chi connectivity index (χ2v) is 7.58. The maximum Gasteiger partial charge on any atom is 0.150 e. The van der Waals surface area contributed by atoms with Crippen molar-refractivity contribution in [2.45, 2.75) is 77.0 Å². The lowest BCUT2D eigenvalue weighted by Gasteiger charge is -2.52. The van der Waals surface area contributed by atoms with Gasteiger partial charge in [0.2, 0.25) is 0 Å². The smallest absolute Gasteiger partial charge is 0.150 e. The minimum absolute atomic E-state index is 0.0320. The van der Waals surface area contributed by atoms with Crippen LogP contribution in [0.25, 0.3) is 0 Å². The Bertz CT molecular complexity index is 465. The Morgan fingerprint density at radius 3 is 2.27 bits per heavy atom. The van der Waals surface area contributed by atoms with E-state index < -0.39 is 0 Å². The number of rotatable bonds is 6. The Kier molecular flexibility index (Phi) is 5.41. The van der Waals surface area contributed by atoms with Crippen LogP contribution in [0.15, 0.2) is 30.3 Å². The zero-order chi connectivity index (χ0) is 16.2. The van der Waals surface area contributed by atoms with Gasteiger partial charge in [-0.25, -0.2) is 0 Å². The molecule has 0 aromatic heterocycles. The summed E-state index contributed by atoms with van der Waals surface area (Å²) in [6, 6.07) is 10.3. The largest absolute Gasteiger partial charge is 0.300 e. The van der Waals surface area contributed by atoms with Gasteiger partial charge in [-0.05, 0) is 65.4 Å². The molecule has 0 aliphatic carbocycles. The molecule has 122 valence electrons. The van der Waals surface area contributed by atoms with E-state index in [1.807, 2.05) is 18.2 Å². The van der Waals surface area contributed by atoms with Gasteiger partial charge in [-0.2, -0.15) is 5.06 Å². The van der Waals surface area contributed by atoms with Gasteiger partial charge in [0, 0.05) is 11.1 Å². The number of nitrogens with zero attached hydrogens (tertiary/aromatic N) is 1. The SMILES string of the molecule is CC1(C)CCCC(C)(C)N1O[C@H](C=O)CCc1ccccc1. The van der Waals surface area contributed by atoms with Gasteiger partial charge in [-0.15, -0.1) is 0 Å². The molecule has 3 heteroatoms. The van der Waals surface area contributed by atoms with Gasteiger partial charge in [-0.3, -0.25) is 4.84 Å². The minimum atomic E-state index is -0.378. The Morgan fingerprint density at radius 2 is 1.73 bits per heavy atom. The molecule has 1 aliphatic heterocycles. The van der Waals surface area contributed by atoms with Gasteiger partial charge in [0.15, 0.2) is 6.29 Å². The molecule has 1 fully saturated rings. The van der Waals surface area contributed by atoms with E-state index in [4.69, 9.17) is 4.84 Å². The summed E-state index contributed by atoms with van der Waals surface area (Å²) in [7, 11) is 0. The molecule has 0 spiro atoms. The van der Waals surface area contributed by atoms with Crippen LogP contribution in [0.1, 0.15) is 58.9 Å². The lowest BCUT2D eigenvalue weighted by molar-refractivity contribution is -0.297. The van der Waals surface area contributed by atoms with Gasteiger partial charge in [0.05, 0.1) is 0 Å². The predicted octanol–water partition coefficient (Wildman–Crippen LogP) is 4.16. The molecular formula is C19H29NO2. The van der Waals surface area contributed by atoms with Crippen LogP contribution >= 0.6 is 0 Å². The molecule has 1 saturated heterocycles. The molecule has 1 aromatic rings. The topological polar surface area (TPSA) is 29.5 Å². The number of benzene rings is 1. The summed E-state index contributed by atoms with van der Waals surface area (Å²) in [6.07, 6.45) is 5.55. The van der Waals surface area contributed by atoms with Crippen LogP contribution in [0.5, 0.6) is 0 Å². The van der Waals surface area contributed by atoms with Crippen LogP contribution in [-0.2, 0) is 16.1 Å². The number of hydrogen-bond donors (Lipinski definition) is 0. The van der Waals surface area contributed by atoms with Crippen molar-refractivity contribution in [3.63, 3.8) is 0 Å². The Balaban J connectivity index is 2.00. The third-order valence-corrected chi connectivity index (χ3v) is 4.63. The maximum atomic E-state index is 11.5. The van der Waals surface area contributed by atoms with Crippen molar-refractivity contribution in [1.82, 2.24) is 5.06 Å². The Hall–Kier alpha value is -1.19. The molecule has 0 saturated carbocycles. The number of piperidine rings is 1. The molecule has 22 heavy (non-hydrogen) atoms. The van der Waals surface area contributed by atoms with Gasteiger partial charge in [0.25, 0.3) is 0 Å². The lowest BCUT2D eigenvalue weighted by atomic mass is 9.82. The van der Waals surface area contributed by atoms with Crippen molar-refractivity contribution >= 4 is 6.29 Å². The first-order valence-electron chi connectivity index (χ1n) is 8.31. The monoisotopic (exact) mass is 303 g/mol. The van der Waals surface area contributed by atoms with Gasteiger partial charge < -0.3 is 4.79 Å². The number of carbonyl (C=O) groups is 1. The Morgan fingerprint density at radius 1 is 1.14 bits per heavy atom. The van der Waals surface area contributed by atoms with Crippen molar-refractivity contribution in [3.8, 4) is 0 Å². The van der Waals surface area contributed by atoms with E-state index in [0.717, 1.165) is 32.0 Å². The highest BCUT2D eigenvalue weighted by Crippen LogP contribution is 2.38. The number of aldehydes is 1. The number of hydroxylamine groups is 2. The van der Waals surface area contributed by atoms with Gasteiger partial charge in [0.1, 0.15) is 6.10 Å². The van der Waals surface area contributed by atoms with Crippen molar-refractivity contribution in [2.24, 2.45) is 0 Å². The molecule has 1 atom stereocenters. The average molecular weight is 303 g/mol. The zero-order valence-corrected chi connectivity index (χ0v) is 14.3. The lowest BCUT2D eigenvalue weighted by Crippen LogP contribution is -2.59. The second-order valence-electron chi connectivity index (χ2n) is 7.58. The quantitative estimate of drug-likeness (QED) is 0.739. The highest BCUT2D eigenvalue weighted by Gasteiger charge is 2.43. The van der Waals surface area contributed by atoms with Crippen LogP contribution in [0.2, 0.25) is 0 Å². The maximum absolute atomic E-state index is 11.5. The third-order valence-electron chi connectivity index (χ3n) is 4.63. The van der Waals surface area contributed by atoms with Gasteiger partial charge in [-0.1, -0.05) is 30.3 Å². The fourth-order valence-corrected chi connectivity index (χ4v) is 3.50. The summed E-state index contributed by atoms with van der Waals surface area (Å²) < 4.78 is 0. The molecule has 0 bridgehead atoms. The summed E-state index contributed by atoms with van der Waals surface area (Å²) in [6.45, 7) is 8.81. The molecule has 0 radical (unpaired) electrons. The molecule has 0 N–H and O–H groups in total. The number of carbonyl (C=O) groups excluding carboxylic acids is 1. The molecule has 1 aromatic carbocycles. The molecule has 2 rings (SSSR count). The summed E-state index contributed by atoms with van der Waals surface area (Å²) >= 11 is 0. The molecule has 1 aliphatic rings. The fourth-order valence-electron chi connectivity index (χ4n) is 3.50. The minimum Gasteiger partial charge on any atom is -0.300 e. The summed E-state index contributed by atoms with van der Waals surface area (Å²) in [5, 5.41) is 2.08. The standard InChI is InChI=1S/C19H29NO2/c1-18(2)13-8-14-19(3,4)20(18)22-17(15-21)12-11-16-9-6-5-7-10-16/h5-7,9-10,15,17H,8,11-14H2,1-4H3/t17-/m0/s1. The molecule has 0 unspecified atom stereocenters. The number of aryl methyl sites for hydroxylation is 1. The van der Waals surface area contributed by atoms with Crippen LogP contribution in [-0.4, -0.2) is 28.5 Å². The van der Waals surface area contributed by atoms with E-state index in [1.54, 1.807) is 0 Å². The van der Waals surface area contributed by atoms with E-state index in [-0.39, 0.29) is 17.2 Å². The highest BCUT2D eigenvalue weighted by atomic mass is 16.7. The third kappa shape index (κ3) is 4.17. The molecule has 3 nitrogen and oxygen atoms in total. The zero-order valence-electron chi connectivity index (χ0n) is 14.3. The fraction of sp³-hybridized carbons (Fsp3) is 0.632. The summed E-state index contributed by atoms with van der Waals surface area (Å²) in [5.74, 6) is 0. The molecule has 0 amide bonds. The van der Waals surface area contributed by atoms with Crippen LogP contribution in [0.4, 0.5) is 0 Å². The first-order chi connectivity index (χ1) is 10.3. The van der Waals surface area contributed by atoms with E-state index in [9.17, 15) is 4.79 Å². The summed E-state index contributed by atoms with van der Waals surface area (Å²) in [5.41, 5.74) is 1.18. The van der Waals surface area contributed by atoms with Crippen molar-refractivity contribution in [3.05, 3.63) is 35.9 Å². The predicted molar refractivity (Wildman–Crippen MR) is 89.5 cm³/mol. The van der Waals surface area contributed by atoms with E-state index in [0.29, 0.717) is 0 Å². The Labute approximate surface area is 134 Å². The average Bonchev–Trinajstić information content (AvgIpc) is 2.46. The first kappa shape index (κ1) is 17.2. The van der Waals surface area contributed by atoms with Crippen molar-refractivity contribution in [1.29, 1.82) is 0 Å². The van der Waals surface area contributed by atoms with Crippen LogP contribution in [0.3, 0.4) is 0 Å². The van der Waals surface area contributed by atoms with Crippen LogP contribution < -0.4 is 0 Å². The van der Waals surface area contributed by atoms with E-state index in [2.05, 4.69) is 44.9 Å². The second kappa shape index (κ2) is 6.93. The van der Waals surface area contributed by atoms with E-state index in [1.165, 1.54) is 12.0 Å². The van der Waals surface area contributed by atoms with Crippen molar-refractivity contribution < 1.29 is 9.63 Å².